The van der Waals surface area contributed by atoms with Gasteiger partial charge in [0.15, 0.2) is 0 Å². The number of hydrogen-bond acceptors (Lipinski definition) is 7. The Labute approximate surface area is 215 Å². The highest BCUT2D eigenvalue weighted by molar-refractivity contribution is 5.73. The molecule has 0 spiro atoms. The van der Waals surface area contributed by atoms with Gasteiger partial charge in [0.2, 0.25) is 0 Å². The Balaban J connectivity index is 1.81. The molecule has 4 rings (SSSR count). The minimum atomic E-state index is -0.429. The van der Waals surface area contributed by atoms with E-state index in [0.717, 1.165) is 39.7 Å². The van der Waals surface area contributed by atoms with Gasteiger partial charge in [-0.2, -0.15) is 5.10 Å². The van der Waals surface area contributed by atoms with Gasteiger partial charge in [0.1, 0.15) is 18.1 Å². The Morgan fingerprint density at radius 3 is 2.08 bits per heavy atom. The van der Waals surface area contributed by atoms with Crippen molar-refractivity contribution < 1.29 is 29.0 Å². The number of ether oxygens (including phenoxy) is 3. The summed E-state index contributed by atoms with van der Waals surface area (Å²) in [5.74, 6) is 1.12. The lowest BCUT2D eigenvalue weighted by Crippen LogP contribution is -2.43. The molecule has 10 heteroatoms. The molecule has 196 valence electrons. The van der Waals surface area contributed by atoms with Crippen LogP contribution in [0.5, 0.6) is 11.5 Å². The van der Waals surface area contributed by atoms with Crippen LogP contribution in [-0.2, 0) is 16.1 Å². The number of methoxy groups -OCH3 is 2. The lowest BCUT2D eigenvalue weighted by molar-refractivity contribution is -0.142. The van der Waals surface area contributed by atoms with Gasteiger partial charge >= 0.3 is 12.0 Å². The van der Waals surface area contributed by atoms with Gasteiger partial charge in [-0.3, -0.25) is 10.0 Å². The molecular formula is C27H32N4O6. The summed E-state index contributed by atoms with van der Waals surface area (Å²) in [4.78, 5) is 25.7. The second-order valence-electron chi connectivity index (χ2n) is 8.90. The number of benzene rings is 2. The van der Waals surface area contributed by atoms with Crippen molar-refractivity contribution >= 4 is 12.0 Å². The fraction of sp³-hybridized carbons (Fsp3) is 0.370. The number of carbonyl (C=O) groups is 2. The predicted octanol–water partition coefficient (Wildman–Crippen LogP) is 4.24. The van der Waals surface area contributed by atoms with E-state index in [-0.39, 0.29) is 18.5 Å². The molecule has 0 saturated carbocycles. The molecule has 0 bridgehead atoms. The molecule has 3 aromatic rings. The van der Waals surface area contributed by atoms with Crippen molar-refractivity contribution in [2.75, 3.05) is 34.4 Å². The zero-order chi connectivity index (χ0) is 26.5. The van der Waals surface area contributed by atoms with E-state index in [1.54, 1.807) is 19.1 Å². The Morgan fingerprint density at radius 2 is 1.57 bits per heavy atom. The number of carbonyl (C=O) groups excluding carboxylic acids is 2. The van der Waals surface area contributed by atoms with Crippen LogP contribution in [0.2, 0.25) is 0 Å². The summed E-state index contributed by atoms with van der Waals surface area (Å²) in [6, 6.07) is 14.8. The first-order valence-corrected chi connectivity index (χ1v) is 12.1. The number of esters is 1. The van der Waals surface area contributed by atoms with Gasteiger partial charge in [-0.15, -0.1) is 0 Å². The molecule has 37 heavy (non-hydrogen) atoms. The third-order valence-electron chi connectivity index (χ3n) is 6.54. The Hall–Kier alpha value is -4.05. The summed E-state index contributed by atoms with van der Waals surface area (Å²) in [5.41, 5.74) is 4.19. The molecule has 0 atom stereocenters. The topological polar surface area (TPSA) is 106 Å². The SMILES string of the molecule is COc1ccc(-c2c(COC(C)=O)c(C3CCN(C(=O)N(C)O)CC3)nn2-c2ccc(OC)cc2)cc1. The van der Waals surface area contributed by atoms with Crippen LogP contribution in [0, 0.1) is 0 Å². The molecule has 0 unspecified atom stereocenters. The summed E-state index contributed by atoms with van der Waals surface area (Å²) in [5, 5.41) is 15.2. The number of hydroxylamine groups is 2. The average Bonchev–Trinajstić information content (AvgIpc) is 3.31. The molecule has 2 heterocycles. The molecule has 1 aromatic heterocycles. The molecule has 0 radical (unpaired) electrons. The van der Waals surface area contributed by atoms with Crippen LogP contribution >= 0.6 is 0 Å². The zero-order valence-electron chi connectivity index (χ0n) is 21.5. The lowest BCUT2D eigenvalue weighted by Gasteiger charge is -2.32. The highest BCUT2D eigenvalue weighted by Gasteiger charge is 2.31. The third kappa shape index (κ3) is 5.69. The van der Waals surface area contributed by atoms with Gasteiger partial charge in [0.05, 0.1) is 31.3 Å². The number of urea groups is 1. The maximum Gasteiger partial charge on any atom is 0.343 e. The fourth-order valence-corrected chi connectivity index (χ4v) is 4.62. The Morgan fingerprint density at radius 1 is 1.00 bits per heavy atom. The van der Waals surface area contributed by atoms with E-state index in [1.807, 2.05) is 53.2 Å². The van der Waals surface area contributed by atoms with Crippen LogP contribution in [0.4, 0.5) is 4.79 Å². The van der Waals surface area contributed by atoms with Gasteiger partial charge < -0.3 is 19.1 Å². The van der Waals surface area contributed by atoms with Gasteiger partial charge in [-0.25, -0.2) is 14.5 Å². The molecule has 0 aliphatic carbocycles. The largest absolute Gasteiger partial charge is 0.497 e. The van der Waals surface area contributed by atoms with Crippen molar-refractivity contribution in [1.29, 1.82) is 0 Å². The van der Waals surface area contributed by atoms with Crippen molar-refractivity contribution in [1.82, 2.24) is 19.7 Å². The summed E-state index contributed by atoms with van der Waals surface area (Å²) in [6.07, 6.45) is 1.32. The normalized spacial score (nSPS) is 13.8. The summed E-state index contributed by atoms with van der Waals surface area (Å²) < 4.78 is 18.0. The minimum absolute atomic E-state index is 0.0371. The molecule has 1 aliphatic rings. The molecule has 2 aromatic carbocycles. The van der Waals surface area contributed by atoms with Crippen LogP contribution < -0.4 is 9.47 Å². The molecule has 1 saturated heterocycles. The van der Waals surface area contributed by atoms with Crippen LogP contribution in [0.15, 0.2) is 48.5 Å². The van der Waals surface area contributed by atoms with Crippen molar-refractivity contribution in [3.8, 4) is 28.4 Å². The smallest absolute Gasteiger partial charge is 0.343 e. The van der Waals surface area contributed by atoms with E-state index in [0.29, 0.717) is 31.0 Å². The second-order valence-corrected chi connectivity index (χ2v) is 8.90. The van der Waals surface area contributed by atoms with Gasteiger partial charge in [0, 0.05) is 44.1 Å². The average molecular weight is 509 g/mol. The van der Waals surface area contributed by atoms with E-state index in [1.165, 1.54) is 14.0 Å². The number of aromatic nitrogens is 2. The molecule has 1 aliphatic heterocycles. The summed E-state index contributed by atoms with van der Waals surface area (Å²) in [6.45, 7) is 2.42. The second kappa shape index (κ2) is 11.3. The molecule has 2 amide bonds. The number of hydrogen-bond donors (Lipinski definition) is 1. The standard InChI is InChI=1S/C27H32N4O6/c1-18(32)37-17-24-25(19-13-15-30(16-14-19)27(33)29(2)34)28-31(21-7-11-23(36-4)12-8-21)26(24)20-5-9-22(35-3)10-6-20/h5-12,19,34H,13-17H2,1-4H3. The highest BCUT2D eigenvalue weighted by Crippen LogP contribution is 2.38. The van der Waals surface area contributed by atoms with Crippen LogP contribution in [0.25, 0.3) is 16.9 Å². The Kier molecular flexibility index (Phi) is 7.98. The van der Waals surface area contributed by atoms with Crippen LogP contribution in [0.1, 0.15) is 36.9 Å². The van der Waals surface area contributed by atoms with Crippen molar-refractivity contribution in [2.45, 2.75) is 32.3 Å². The summed E-state index contributed by atoms with van der Waals surface area (Å²) in [7, 11) is 4.56. The molecular weight excluding hydrogens is 476 g/mol. The fourth-order valence-electron chi connectivity index (χ4n) is 4.62. The predicted molar refractivity (Wildman–Crippen MR) is 136 cm³/mol. The van der Waals surface area contributed by atoms with Crippen LogP contribution in [0.3, 0.4) is 0 Å². The van der Waals surface area contributed by atoms with Gasteiger partial charge in [-0.1, -0.05) is 0 Å². The third-order valence-corrected chi connectivity index (χ3v) is 6.54. The van der Waals surface area contributed by atoms with Crippen molar-refractivity contribution in [3.63, 3.8) is 0 Å². The number of likely N-dealkylation sites (tertiary alicyclic amines) is 1. The van der Waals surface area contributed by atoms with E-state index >= 15 is 0 Å². The minimum Gasteiger partial charge on any atom is -0.497 e. The highest BCUT2D eigenvalue weighted by atomic mass is 16.5. The number of nitrogens with zero attached hydrogens (tertiary/aromatic N) is 4. The molecule has 1 fully saturated rings. The maximum atomic E-state index is 12.2. The monoisotopic (exact) mass is 508 g/mol. The first kappa shape index (κ1) is 26.0. The zero-order valence-corrected chi connectivity index (χ0v) is 21.5. The molecule has 1 N–H and O–H groups in total. The Bertz CT molecular complexity index is 1230. The first-order chi connectivity index (χ1) is 17.8. The number of rotatable bonds is 7. The van der Waals surface area contributed by atoms with E-state index in [9.17, 15) is 14.8 Å². The van der Waals surface area contributed by atoms with E-state index in [2.05, 4.69) is 0 Å². The van der Waals surface area contributed by atoms with Gasteiger partial charge in [0.25, 0.3) is 0 Å². The van der Waals surface area contributed by atoms with E-state index in [4.69, 9.17) is 19.3 Å². The number of piperidine rings is 1. The van der Waals surface area contributed by atoms with Gasteiger partial charge in [-0.05, 0) is 61.4 Å². The lowest BCUT2D eigenvalue weighted by atomic mass is 9.90. The maximum absolute atomic E-state index is 12.2. The van der Waals surface area contributed by atoms with E-state index < -0.39 is 6.03 Å². The quantitative estimate of drug-likeness (QED) is 0.289. The molecule has 10 nitrogen and oxygen atoms in total. The number of amides is 2. The van der Waals surface area contributed by atoms with Crippen LogP contribution in [-0.4, -0.2) is 71.3 Å². The van der Waals surface area contributed by atoms with Crippen molar-refractivity contribution in [3.05, 3.63) is 59.8 Å². The first-order valence-electron chi connectivity index (χ1n) is 12.1. The van der Waals surface area contributed by atoms with Crippen molar-refractivity contribution in [2.24, 2.45) is 0 Å². The summed E-state index contributed by atoms with van der Waals surface area (Å²) >= 11 is 0.